The van der Waals surface area contributed by atoms with E-state index in [0.717, 1.165) is 0 Å². The molecule has 0 aromatic heterocycles. The summed E-state index contributed by atoms with van der Waals surface area (Å²) in [5, 5.41) is 14.7. The highest BCUT2D eigenvalue weighted by atomic mass is 16.4. The van der Waals surface area contributed by atoms with Crippen LogP contribution >= 0.6 is 0 Å². The van der Waals surface area contributed by atoms with Gasteiger partial charge in [0.25, 0.3) is 0 Å². The summed E-state index contributed by atoms with van der Waals surface area (Å²) in [6, 6.07) is 7.49. The first-order valence-corrected chi connectivity index (χ1v) is 7.93. The maximum atomic E-state index is 12.4. The summed E-state index contributed by atoms with van der Waals surface area (Å²) in [5.41, 5.74) is 0.0944. The molecule has 3 atom stereocenters. The Morgan fingerprint density at radius 3 is 2.00 bits per heavy atom. The molecule has 0 spiro atoms. The van der Waals surface area contributed by atoms with Gasteiger partial charge in [0, 0.05) is 5.41 Å². The third-order valence-corrected chi connectivity index (χ3v) is 3.77. The first-order valence-electron chi connectivity index (χ1n) is 7.93. The quantitative estimate of drug-likeness (QED) is 0.742. The Bertz CT molecular complexity index is 593. The Hall–Kier alpha value is -2.37. The van der Waals surface area contributed by atoms with Crippen molar-refractivity contribution in [1.29, 1.82) is 0 Å². The fraction of sp³-hybridized carbons (Fsp3) is 0.500. The number of hydrogen-bond donors (Lipinski definition) is 3. The van der Waals surface area contributed by atoms with E-state index in [9.17, 15) is 19.5 Å². The van der Waals surface area contributed by atoms with Gasteiger partial charge in [-0.3, -0.25) is 14.4 Å². The summed E-state index contributed by atoms with van der Waals surface area (Å²) in [6.45, 7) is 8.38. The number of aliphatic carboxylic acids is 1. The van der Waals surface area contributed by atoms with E-state index in [-0.39, 0.29) is 5.91 Å². The van der Waals surface area contributed by atoms with Crippen molar-refractivity contribution < 1.29 is 19.5 Å². The minimum Gasteiger partial charge on any atom is -0.481 e. The SMILES string of the molecule is CC(NC(=O)C(C)(C)C)C(=O)NC(c1ccccc1)C(C)C(=O)O. The van der Waals surface area contributed by atoms with Gasteiger partial charge in [0.2, 0.25) is 11.8 Å². The molecule has 0 bridgehead atoms. The van der Waals surface area contributed by atoms with Gasteiger partial charge in [-0.2, -0.15) is 0 Å². The Kier molecular flexibility index (Phi) is 6.51. The second-order valence-electron chi connectivity index (χ2n) is 6.97. The minimum atomic E-state index is -1.00. The largest absolute Gasteiger partial charge is 0.481 e. The molecule has 0 aliphatic rings. The van der Waals surface area contributed by atoms with E-state index in [2.05, 4.69) is 10.6 Å². The zero-order valence-corrected chi connectivity index (χ0v) is 14.8. The van der Waals surface area contributed by atoms with Gasteiger partial charge >= 0.3 is 5.97 Å². The van der Waals surface area contributed by atoms with Gasteiger partial charge in [-0.15, -0.1) is 0 Å². The van der Waals surface area contributed by atoms with E-state index in [1.807, 2.05) is 6.07 Å². The average Bonchev–Trinajstić information content (AvgIpc) is 2.51. The number of nitrogens with one attached hydrogen (secondary N) is 2. The van der Waals surface area contributed by atoms with Crippen LogP contribution in [0.3, 0.4) is 0 Å². The van der Waals surface area contributed by atoms with Crippen LogP contribution in [0.25, 0.3) is 0 Å². The van der Waals surface area contributed by atoms with Gasteiger partial charge in [-0.1, -0.05) is 51.1 Å². The number of rotatable bonds is 6. The number of benzene rings is 1. The van der Waals surface area contributed by atoms with Crippen LogP contribution in [0.4, 0.5) is 0 Å². The van der Waals surface area contributed by atoms with Crippen molar-refractivity contribution in [2.45, 2.75) is 46.7 Å². The van der Waals surface area contributed by atoms with Crippen molar-refractivity contribution in [3.8, 4) is 0 Å². The van der Waals surface area contributed by atoms with Crippen LogP contribution in [0.2, 0.25) is 0 Å². The molecule has 1 aromatic rings. The van der Waals surface area contributed by atoms with E-state index in [0.29, 0.717) is 5.56 Å². The molecule has 3 unspecified atom stereocenters. The Labute approximate surface area is 142 Å². The summed E-state index contributed by atoms with van der Waals surface area (Å²) in [5.74, 6) is -2.47. The van der Waals surface area contributed by atoms with Gasteiger partial charge < -0.3 is 15.7 Å². The van der Waals surface area contributed by atoms with Crippen LogP contribution in [-0.4, -0.2) is 28.9 Å². The summed E-state index contributed by atoms with van der Waals surface area (Å²) >= 11 is 0. The summed E-state index contributed by atoms with van der Waals surface area (Å²) in [6.07, 6.45) is 0. The molecule has 0 fully saturated rings. The molecule has 0 saturated carbocycles. The molecule has 0 heterocycles. The minimum absolute atomic E-state index is 0.243. The maximum absolute atomic E-state index is 12.4. The topological polar surface area (TPSA) is 95.5 Å². The van der Waals surface area contributed by atoms with Crippen molar-refractivity contribution in [3.05, 3.63) is 35.9 Å². The van der Waals surface area contributed by atoms with Crippen molar-refractivity contribution >= 4 is 17.8 Å². The van der Waals surface area contributed by atoms with Crippen molar-refractivity contribution in [2.75, 3.05) is 0 Å². The standard InChI is InChI=1S/C18H26N2O4/c1-11(16(22)23)14(13-9-7-6-8-10-13)20-15(21)12(2)19-17(24)18(3,4)5/h6-12,14H,1-5H3,(H,19,24)(H,20,21)(H,22,23). The molecule has 0 aliphatic heterocycles. The molecule has 132 valence electrons. The fourth-order valence-corrected chi connectivity index (χ4v) is 2.06. The van der Waals surface area contributed by atoms with Crippen molar-refractivity contribution in [2.24, 2.45) is 11.3 Å². The van der Waals surface area contributed by atoms with Crippen LogP contribution < -0.4 is 10.6 Å². The molecule has 0 aliphatic carbocycles. The zero-order chi connectivity index (χ0) is 18.5. The third-order valence-electron chi connectivity index (χ3n) is 3.77. The lowest BCUT2D eigenvalue weighted by Crippen LogP contribution is -2.50. The molecule has 6 heteroatoms. The summed E-state index contributed by atoms with van der Waals surface area (Å²) in [7, 11) is 0. The van der Waals surface area contributed by atoms with Gasteiger partial charge in [-0.05, 0) is 19.4 Å². The second-order valence-corrected chi connectivity index (χ2v) is 6.97. The molecule has 3 N–H and O–H groups in total. The number of hydrogen-bond acceptors (Lipinski definition) is 3. The first kappa shape index (κ1) is 19.7. The summed E-state index contributed by atoms with van der Waals surface area (Å²) in [4.78, 5) is 35.7. The van der Waals surface area contributed by atoms with E-state index in [1.54, 1.807) is 58.9 Å². The monoisotopic (exact) mass is 334 g/mol. The predicted octanol–water partition coefficient (Wildman–Crippen LogP) is 2.12. The molecule has 1 rings (SSSR count). The van der Waals surface area contributed by atoms with Crippen LogP contribution in [0.15, 0.2) is 30.3 Å². The van der Waals surface area contributed by atoms with Gasteiger partial charge in [0.1, 0.15) is 6.04 Å². The Morgan fingerprint density at radius 1 is 1.00 bits per heavy atom. The second kappa shape index (κ2) is 7.95. The molecule has 2 amide bonds. The Balaban J connectivity index is 2.88. The molecular formula is C18H26N2O4. The van der Waals surface area contributed by atoms with Crippen LogP contribution in [-0.2, 0) is 14.4 Å². The lowest BCUT2D eigenvalue weighted by Gasteiger charge is -2.26. The Morgan fingerprint density at radius 2 is 1.54 bits per heavy atom. The lowest BCUT2D eigenvalue weighted by atomic mass is 9.93. The van der Waals surface area contributed by atoms with Gasteiger partial charge in [0.05, 0.1) is 12.0 Å². The fourth-order valence-electron chi connectivity index (χ4n) is 2.06. The molecular weight excluding hydrogens is 308 g/mol. The van der Waals surface area contributed by atoms with Crippen molar-refractivity contribution in [1.82, 2.24) is 10.6 Å². The normalized spacial score (nSPS) is 15.0. The highest BCUT2D eigenvalue weighted by Gasteiger charge is 2.30. The van der Waals surface area contributed by atoms with Gasteiger partial charge in [-0.25, -0.2) is 0 Å². The highest BCUT2D eigenvalue weighted by Crippen LogP contribution is 2.22. The number of carbonyl (C=O) groups excluding carboxylic acids is 2. The van der Waals surface area contributed by atoms with Crippen LogP contribution in [0, 0.1) is 11.3 Å². The lowest BCUT2D eigenvalue weighted by molar-refractivity contribution is -0.142. The van der Waals surface area contributed by atoms with E-state index in [1.165, 1.54) is 0 Å². The molecule has 0 radical (unpaired) electrons. The van der Waals surface area contributed by atoms with E-state index >= 15 is 0 Å². The smallest absolute Gasteiger partial charge is 0.308 e. The number of carbonyl (C=O) groups is 3. The van der Waals surface area contributed by atoms with Crippen LogP contribution in [0.5, 0.6) is 0 Å². The number of carboxylic acid groups (broad SMARTS) is 1. The van der Waals surface area contributed by atoms with Crippen molar-refractivity contribution in [3.63, 3.8) is 0 Å². The zero-order valence-electron chi connectivity index (χ0n) is 14.8. The average molecular weight is 334 g/mol. The van der Waals surface area contributed by atoms with Gasteiger partial charge in [0.15, 0.2) is 0 Å². The predicted molar refractivity (Wildman–Crippen MR) is 91.2 cm³/mol. The molecule has 0 saturated heterocycles. The highest BCUT2D eigenvalue weighted by molar-refractivity contribution is 5.89. The number of carboxylic acids is 1. The van der Waals surface area contributed by atoms with E-state index in [4.69, 9.17) is 0 Å². The van der Waals surface area contributed by atoms with Crippen LogP contribution in [0.1, 0.15) is 46.2 Å². The first-order chi connectivity index (χ1) is 11.0. The molecule has 24 heavy (non-hydrogen) atoms. The molecule has 6 nitrogen and oxygen atoms in total. The third kappa shape index (κ3) is 5.37. The maximum Gasteiger partial charge on any atom is 0.308 e. The summed E-state index contributed by atoms with van der Waals surface area (Å²) < 4.78 is 0. The van der Waals surface area contributed by atoms with E-state index < -0.39 is 35.3 Å². The number of amides is 2. The molecule has 1 aromatic carbocycles.